The van der Waals surface area contributed by atoms with Crippen LogP contribution in [0.4, 0.5) is 0 Å². The van der Waals surface area contributed by atoms with E-state index in [0.29, 0.717) is 28.1 Å². The van der Waals surface area contributed by atoms with Crippen molar-refractivity contribution in [3.8, 4) is 0 Å². The highest BCUT2D eigenvalue weighted by molar-refractivity contribution is 7.20. The van der Waals surface area contributed by atoms with Crippen LogP contribution in [0.25, 0.3) is 10.2 Å². The summed E-state index contributed by atoms with van der Waals surface area (Å²) >= 11 is 1.07. The van der Waals surface area contributed by atoms with Crippen LogP contribution in [0.2, 0.25) is 0 Å². The monoisotopic (exact) mass is 323 g/mol. The fourth-order valence-corrected chi connectivity index (χ4v) is 3.62. The first kappa shape index (κ1) is 16.6. The fraction of sp³-hybridized carbons (Fsp3) is 0.533. The van der Waals surface area contributed by atoms with Gasteiger partial charge in [-0.2, -0.15) is 0 Å². The first-order valence-corrected chi connectivity index (χ1v) is 8.18. The minimum absolute atomic E-state index is 0.143. The highest BCUT2D eigenvalue weighted by Crippen LogP contribution is 2.27. The number of hydrogen-bond donors (Lipinski definition) is 1. The first-order valence-electron chi connectivity index (χ1n) is 7.36. The van der Waals surface area contributed by atoms with E-state index in [4.69, 9.17) is 0 Å². The van der Waals surface area contributed by atoms with E-state index < -0.39 is 5.97 Å². The van der Waals surface area contributed by atoms with E-state index >= 15 is 0 Å². The number of aryl methyl sites for hydroxylation is 2. The average Bonchev–Trinajstić information content (AvgIpc) is 2.80. The zero-order valence-electron chi connectivity index (χ0n) is 13.3. The molecule has 0 aliphatic rings. The van der Waals surface area contributed by atoms with Crippen molar-refractivity contribution in [1.29, 1.82) is 0 Å². The Kier molecular flexibility index (Phi) is 4.97. The third-order valence-electron chi connectivity index (χ3n) is 3.97. The SMILES string of the molecule is CCN(CC)CCn1c(C)nc2sc(C(=O)O)c(C)c2c1=O. The van der Waals surface area contributed by atoms with Gasteiger partial charge >= 0.3 is 5.97 Å². The van der Waals surface area contributed by atoms with Gasteiger partial charge in [-0.1, -0.05) is 13.8 Å². The van der Waals surface area contributed by atoms with Crippen molar-refractivity contribution in [2.75, 3.05) is 19.6 Å². The number of rotatable bonds is 6. The molecule has 22 heavy (non-hydrogen) atoms. The number of aromatic nitrogens is 2. The molecule has 0 saturated heterocycles. The van der Waals surface area contributed by atoms with Crippen LogP contribution in [-0.4, -0.2) is 45.2 Å². The molecule has 0 atom stereocenters. The van der Waals surface area contributed by atoms with E-state index in [9.17, 15) is 14.7 Å². The molecule has 0 bridgehead atoms. The Morgan fingerprint density at radius 1 is 1.32 bits per heavy atom. The largest absolute Gasteiger partial charge is 0.477 e. The van der Waals surface area contributed by atoms with Crippen LogP contribution >= 0.6 is 11.3 Å². The van der Waals surface area contributed by atoms with E-state index in [1.54, 1.807) is 18.4 Å². The summed E-state index contributed by atoms with van der Waals surface area (Å²) in [5.41, 5.74) is 0.373. The summed E-state index contributed by atoms with van der Waals surface area (Å²) < 4.78 is 1.64. The van der Waals surface area contributed by atoms with Crippen LogP contribution < -0.4 is 5.56 Å². The van der Waals surface area contributed by atoms with E-state index in [-0.39, 0.29) is 10.4 Å². The molecule has 2 aromatic rings. The molecule has 0 saturated carbocycles. The summed E-state index contributed by atoms with van der Waals surface area (Å²) in [4.78, 5) is 31.3. The predicted molar refractivity (Wildman–Crippen MR) is 88.1 cm³/mol. The van der Waals surface area contributed by atoms with Gasteiger partial charge in [0, 0.05) is 13.1 Å². The second kappa shape index (κ2) is 6.58. The fourth-order valence-electron chi connectivity index (χ4n) is 2.57. The smallest absolute Gasteiger partial charge is 0.346 e. The average molecular weight is 323 g/mol. The number of likely N-dealkylation sites (N-methyl/N-ethyl adjacent to an activating group) is 1. The van der Waals surface area contributed by atoms with Crippen molar-refractivity contribution in [2.45, 2.75) is 34.2 Å². The van der Waals surface area contributed by atoms with E-state index in [1.165, 1.54) is 0 Å². The zero-order chi connectivity index (χ0) is 16.4. The third-order valence-corrected chi connectivity index (χ3v) is 5.14. The van der Waals surface area contributed by atoms with Gasteiger partial charge in [0.25, 0.3) is 5.56 Å². The van der Waals surface area contributed by atoms with Gasteiger partial charge in [0.15, 0.2) is 0 Å². The maximum atomic E-state index is 12.7. The van der Waals surface area contributed by atoms with Crippen LogP contribution in [0.1, 0.15) is 34.9 Å². The zero-order valence-corrected chi connectivity index (χ0v) is 14.2. The number of nitrogens with zero attached hydrogens (tertiary/aromatic N) is 3. The van der Waals surface area contributed by atoms with Crippen LogP contribution in [0.3, 0.4) is 0 Å². The standard InChI is InChI=1S/C15H21N3O3S/c1-5-17(6-2)7-8-18-10(4)16-13-11(14(18)19)9(3)12(22-13)15(20)21/h5-8H2,1-4H3,(H,20,21). The Morgan fingerprint density at radius 3 is 2.50 bits per heavy atom. The maximum Gasteiger partial charge on any atom is 0.346 e. The van der Waals surface area contributed by atoms with Crippen LogP contribution in [0.15, 0.2) is 4.79 Å². The quantitative estimate of drug-likeness (QED) is 0.881. The lowest BCUT2D eigenvalue weighted by Gasteiger charge is -2.19. The number of carboxylic acids is 1. The van der Waals surface area contributed by atoms with Gasteiger partial charge in [-0.25, -0.2) is 9.78 Å². The van der Waals surface area contributed by atoms with Crippen molar-refractivity contribution in [3.05, 3.63) is 26.6 Å². The molecule has 0 aliphatic carbocycles. The molecule has 2 aromatic heterocycles. The molecule has 2 heterocycles. The molecule has 0 unspecified atom stereocenters. The van der Waals surface area contributed by atoms with E-state index in [1.807, 2.05) is 0 Å². The molecule has 0 amide bonds. The number of fused-ring (bicyclic) bond motifs is 1. The predicted octanol–water partition coefficient (Wildman–Crippen LogP) is 2.11. The Hall–Kier alpha value is -1.73. The number of carbonyl (C=O) groups is 1. The van der Waals surface area contributed by atoms with Crippen molar-refractivity contribution < 1.29 is 9.90 Å². The summed E-state index contributed by atoms with van der Waals surface area (Å²) in [5.74, 6) is -0.380. The molecular weight excluding hydrogens is 302 g/mol. The van der Waals surface area contributed by atoms with Gasteiger partial charge < -0.3 is 10.0 Å². The second-order valence-electron chi connectivity index (χ2n) is 5.18. The molecule has 120 valence electrons. The van der Waals surface area contributed by atoms with Crippen molar-refractivity contribution in [3.63, 3.8) is 0 Å². The maximum absolute atomic E-state index is 12.7. The lowest BCUT2D eigenvalue weighted by molar-refractivity contribution is 0.0701. The van der Waals surface area contributed by atoms with Crippen molar-refractivity contribution >= 4 is 27.5 Å². The third kappa shape index (κ3) is 2.91. The number of thiophene rings is 1. The summed E-state index contributed by atoms with van der Waals surface area (Å²) in [6.07, 6.45) is 0. The van der Waals surface area contributed by atoms with Crippen molar-refractivity contribution in [1.82, 2.24) is 14.5 Å². The molecule has 6 nitrogen and oxygen atoms in total. The molecule has 2 rings (SSSR count). The molecule has 1 N–H and O–H groups in total. The Bertz CT molecular complexity index is 759. The van der Waals surface area contributed by atoms with Gasteiger partial charge in [0.05, 0.1) is 5.39 Å². The van der Waals surface area contributed by atoms with Gasteiger partial charge in [0.1, 0.15) is 15.5 Å². The topological polar surface area (TPSA) is 75.4 Å². The summed E-state index contributed by atoms with van der Waals surface area (Å²) in [7, 11) is 0. The second-order valence-corrected chi connectivity index (χ2v) is 6.18. The lowest BCUT2D eigenvalue weighted by atomic mass is 10.2. The normalized spacial score (nSPS) is 11.5. The highest BCUT2D eigenvalue weighted by atomic mass is 32.1. The minimum atomic E-state index is -1.01. The number of aromatic carboxylic acids is 1. The summed E-state index contributed by atoms with van der Waals surface area (Å²) in [6, 6.07) is 0. The lowest BCUT2D eigenvalue weighted by Crippen LogP contribution is -2.32. The minimum Gasteiger partial charge on any atom is -0.477 e. The Balaban J connectivity index is 2.50. The summed E-state index contributed by atoms with van der Waals surface area (Å²) in [6.45, 7) is 10.8. The van der Waals surface area contributed by atoms with Gasteiger partial charge in [-0.05, 0) is 32.5 Å². The molecule has 0 aromatic carbocycles. The van der Waals surface area contributed by atoms with Gasteiger partial charge in [0.2, 0.25) is 0 Å². The molecule has 0 radical (unpaired) electrons. The van der Waals surface area contributed by atoms with Crippen molar-refractivity contribution in [2.24, 2.45) is 0 Å². The molecule has 0 aliphatic heterocycles. The molecule has 0 spiro atoms. The molecule has 0 fully saturated rings. The molecule has 7 heteroatoms. The Morgan fingerprint density at radius 2 is 1.95 bits per heavy atom. The number of hydrogen-bond acceptors (Lipinski definition) is 5. The van der Waals surface area contributed by atoms with Crippen LogP contribution in [0, 0.1) is 13.8 Å². The van der Waals surface area contributed by atoms with E-state index in [2.05, 4.69) is 23.7 Å². The van der Waals surface area contributed by atoms with Crippen LogP contribution in [-0.2, 0) is 6.54 Å². The number of carboxylic acid groups (broad SMARTS) is 1. The molecular formula is C15H21N3O3S. The van der Waals surface area contributed by atoms with E-state index in [0.717, 1.165) is 31.0 Å². The highest BCUT2D eigenvalue weighted by Gasteiger charge is 2.20. The van der Waals surface area contributed by atoms with Gasteiger partial charge in [-0.3, -0.25) is 9.36 Å². The summed E-state index contributed by atoms with van der Waals surface area (Å²) in [5, 5.41) is 9.64. The first-order chi connectivity index (χ1) is 10.4. The Labute approximate surface area is 133 Å². The van der Waals surface area contributed by atoms with Crippen LogP contribution in [0.5, 0.6) is 0 Å². The van der Waals surface area contributed by atoms with Gasteiger partial charge in [-0.15, -0.1) is 11.3 Å².